The Morgan fingerprint density at radius 1 is 1.10 bits per heavy atom. The summed E-state index contributed by atoms with van der Waals surface area (Å²) in [6.07, 6.45) is 3.71. The SMILES string of the molecule is Clc1cccc(Cl)c1-c1c[c]cc(C2CCCCN2)c1. The zero-order valence-corrected chi connectivity index (χ0v) is 12.6. The van der Waals surface area contributed by atoms with Gasteiger partial charge in [0, 0.05) is 21.7 Å². The Morgan fingerprint density at radius 3 is 2.60 bits per heavy atom. The monoisotopic (exact) mass is 304 g/mol. The van der Waals surface area contributed by atoms with Gasteiger partial charge in [0.2, 0.25) is 0 Å². The summed E-state index contributed by atoms with van der Waals surface area (Å²) in [5, 5.41) is 4.92. The van der Waals surface area contributed by atoms with Crippen molar-refractivity contribution in [2.75, 3.05) is 6.54 Å². The highest BCUT2D eigenvalue weighted by Gasteiger charge is 2.16. The van der Waals surface area contributed by atoms with Crippen LogP contribution in [-0.2, 0) is 0 Å². The van der Waals surface area contributed by atoms with E-state index in [0.29, 0.717) is 16.1 Å². The van der Waals surface area contributed by atoms with Crippen LogP contribution < -0.4 is 5.32 Å². The van der Waals surface area contributed by atoms with Crippen LogP contribution in [0.25, 0.3) is 11.1 Å². The van der Waals surface area contributed by atoms with Gasteiger partial charge in [-0.05, 0) is 66.9 Å². The number of hydrogen-bond donors (Lipinski definition) is 1. The maximum atomic E-state index is 6.29. The summed E-state index contributed by atoms with van der Waals surface area (Å²) in [4.78, 5) is 0. The van der Waals surface area contributed by atoms with Crippen LogP contribution >= 0.6 is 23.2 Å². The fourth-order valence-corrected chi connectivity index (χ4v) is 3.36. The first-order valence-electron chi connectivity index (χ1n) is 6.94. The van der Waals surface area contributed by atoms with E-state index in [9.17, 15) is 0 Å². The maximum absolute atomic E-state index is 6.29. The van der Waals surface area contributed by atoms with E-state index >= 15 is 0 Å². The molecule has 103 valence electrons. The normalized spacial score (nSPS) is 19.0. The van der Waals surface area contributed by atoms with E-state index in [1.807, 2.05) is 24.3 Å². The van der Waals surface area contributed by atoms with Gasteiger partial charge in [0.25, 0.3) is 0 Å². The van der Waals surface area contributed by atoms with Crippen molar-refractivity contribution in [3.8, 4) is 11.1 Å². The summed E-state index contributed by atoms with van der Waals surface area (Å²) in [5.74, 6) is 0. The van der Waals surface area contributed by atoms with Crippen molar-refractivity contribution >= 4 is 23.2 Å². The van der Waals surface area contributed by atoms with Gasteiger partial charge in [0.05, 0.1) is 0 Å². The van der Waals surface area contributed by atoms with Gasteiger partial charge < -0.3 is 5.32 Å². The van der Waals surface area contributed by atoms with Crippen molar-refractivity contribution in [2.24, 2.45) is 0 Å². The Morgan fingerprint density at radius 2 is 1.90 bits per heavy atom. The van der Waals surface area contributed by atoms with Crippen molar-refractivity contribution in [1.82, 2.24) is 5.32 Å². The van der Waals surface area contributed by atoms with Crippen LogP contribution in [0.3, 0.4) is 0 Å². The molecule has 0 bridgehead atoms. The second-order valence-corrected chi connectivity index (χ2v) is 5.97. The van der Waals surface area contributed by atoms with Crippen molar-refractivity contribution in [3.63, 3.8) is 0 Å². The lowest BCUT2D eigenvalue weighted by Gasteiger charge is -2.24. The zero-order valence-electron chi connectivity index (χ0n) is 11.1. The summed E-state index contributed by atoms with van der Waals surface area (Å²) < 4.78 is 0. The molecular weight excluding hydrogens is 289 g/mol. The van der Waals surface area contributed by atoms with E-state index in [0.717, 1.165) is 17.7 Å². The topological polar surface area (TPSA) is 12.0 Å². The summed E-state index contributed by atoms with van der Waals surface area (Å²) >= 11 is 12.6. The fourth-order valence-electron chi connectivity index (χ4n) is 2.75. The third-order valence-corrected chi connectivity index (χ3v) is 4.41. The van der Waals surface area contributed by atoms with Crippen LogP contribution in [0.5, 0.6) is 0 Å². The van der Waals surface area contributed by atoms with Gasteiger partial charge in [-0.3, -0.25) is 0 Å². The van der Waals surface area contributed by atoms with E-state index in [1.165, 1.54) is 24.8 Å². The van der Waals surface area contributed by atoms with Crippen molar-refractivity contribution < 1.29 is 0 Å². The van der Waals surface area contributed by atoms with Gasteiger partial charge in [0.1, 0.15) is 0 Å². The van der Waals surface area contributed by atoms with E-state index in [1.54, 1.807) is 0 Å². The molecule has 3 rings (SSSR count). The van der Waals surface area contributed by atoms with Crippen LogP contribution in [0.15, 0.2) is 36.4 Å². The molecule has 0 amide bonds. The molecule has 0 aliphatic carbocycles. The minimum Gasteiger partial charge on any atom is -0.310 e. The van der Waals surface area contributed by atoms with E-state index < -0.39 is 0 Å². The molecule has 2 aromatic rings. The van der Waals surface area contributed by atoms with Crippen molar-refractivity contribution in [2.45, 2.75) is 25.3 Å². The van der Waals surface area contributed by atoms with Gasteiger partial charge in [-0.25, -0.2) is 0 Å². The van der Waals surface area contributed by atoms with Crippen LogP contribution in [0.4, 0.5) is 0 Å². The molecule has 1 fully saturated rings. The third kappa shape index (κ3) is 2.85. The summed E-state index contributed by atoms with van der Waals surface area (Å²) in [5.41, 5.74) is 3.19. The van der Waals surface area contributed by atoms with Gasteiger partial charge in [-0.2, -0.15) is 0 Å². The summed E-state index contributed by atoms with van der Waals surface area (Å²) in [7, 11) is 0. The minimum atomic E-state index is 0.418. The lowest BCUT2D eigenvalue weighted by Crippen LogP contribution is -2.26. The standard InChI is InChI=1S/C17H16Cl2N/c18-14-7-4-8-15(19)17(14)13-6-3-5-12(11-13)16-9-1-2-10-20-16/h4-8,11,16,20H,1-2,9-10H2. The number of halogens is 2. The molecule has 1 nitrogen and oxygen atoms in total. The Balaban J connectivity index is 1.98. The highest BCUT2D eigenvalue weighted by atomic mass is 35.5. The van der Waals surface area contributed by atoms with Crippen molar-refractivity contribution in [3.05, 3.63) is 58.1 Å². The smallest absolute Gasteiger partial charge is 0.0499 e. The fraction of sp³-hybridized carbons (Fsp3) is 0.294. The molecule has 1 aliphatic rings. The second-order valence-electron chi connectivity index (χ2n) is 5.15. The molecule has 1 atom stereocenters. The number of benzene rings is 2. The van der Waals surface area contributed by atoms with E-state index in [4.69, 9.17) is 23.2 Å². The van der Waals surface area contributed by atoms with Gasteiger partial charge in [0.15, 0.2) is 0 Å². The number of rotatable bonds is 2. The molecule has 2 aromatic carbocycles. The van der Waals surface area contributed by atoms with E-state index in [-0.39, 0.29) is 0 Å². The van der Waals surface area contributed by atoms with Crippen LogP contribution in [0.1, 0.15) is 30.9 Å². The van der Waals surface area contributed by atoms with Crippen LogP contribution in [0, 0.1) is 6.07 Å². The minimum absolute atomic E-state index is 0.418. The molecule has 1 unspecified atom stereocenters. The Labute approximate surface area is 129 Å². The molecule has 0 spiro atoms. The third-order valence-electron chi connectivity index (χ3n) is 3.78. The Kier molecular flexibility index (Phi) is 4.30. The molecule has 0 saturated carbocycles. The molecule has 0 aromatic heterocycles. The predicted octanol–water partition coefficient (Wildman–Crippen LogP) is 5.28. The Bertz CT molecular complexity index is 583. The summed E-state index contributed by atoms with van der Waals surface area (Å²) in [6, 6.07) is 15.4. The largest absolute Gasteiger partial charge is 0.310 e. The van der Waals surface area contributed by atoms with Gasteiger partial charge in [-0.1, -0.05) is 35.7 Å². The predicted molar refractivity (Wildman–Crippen MR) is 85.3 cm³/mol. The zero-order chi connectivity index (χ0) is 13.9. The lowest BCUT2D eigenvalue weighted by molar-refractivity contribution is 0.412. The van der Waals surface area contributed by atoms with Crippen molar-refractivity contribution in [1.29, 1.82) is 0 Å². The van der Waals surface area contributed by atoms with E-state index in [2.05, 4.69) is 23.5 Å². The highest BCUT2D eigenvalue weighted by Crippen LogP contribution is 2.36. The van der Waals surface area contributed by atoms with Gasteiger partial charge in [-0.15, -0.1) is 0 Å². The lowest BCUT2D eigenvalue weighted by atomic mass is 9.94. The average Bonchev–Trinajstić information content (AvgIpc) is 2.48. The van der Waals surface area contributed by atoms with Crippen LogP contribution in [0.2, 0.25) is 10.0 Å². The molecule has 20 heavy (non-hydrogen) atoms. The molecular formula is C17H16Cl2N. The maximum Gasteiger partial charge on any atom is 0.0499 e. The molecule has 3 heteroatoms. The molecule has 1 N–H and O–H groups in total. The number of hydrogen-bond acceptors (Lipinski definition) is 1. The first kappa shape index (κ1) is 13.9. The van der Waals surface area contributed by atoms with Gasteiger partial charge >= 0.3 is 0 Å². The Hall–Kier alpha value is -1.02. The molecule has 1 radical (unpaired) electrons. The summed E-state index contributed by atoms with van der Waals surface area (Å²) in [6.45, 7) is 1.09. The first-order chi connectivity index (χ1) is 9.75. The first-order valence-corrected chi connectivity index (χ1v) is 7.70. The number of piperidine rings is 1. The average molecular weight is 305 g/mol. The number of nitrogens with one attached hydrogen (secondary N) is 1. The quantitative estimate of drug-likeness (QED) is 0.796. The van der Waals surface area contributed by atoms with Crippen LogP contribution in [-0.4, -0.2) is 6.54 Å². The molecule has 1 heterocycles. The molecule has 1 saturated heterocycles. The second kappa shape index (κ2) is 6.17. The molecule has 1 aliphatic heterocycles. The highest BCUT2D eigenvalue weighted by molar-refractivity contribution is 6.39.